The summed E-state index contributed by atoms with van der Waals surface area (Å²) in [7, 11) is 1.69. The molecule has 0 atom stereocenters. The van der Waals surface area contributed by atoms with E-state index in [2.05, 4.69) is 10.2 Å². The maximum Gasteiger partial charge on any atom is 0.231 e. The Kier molecular flexibility index (Phi) is 7.35. The molecule has 150 valence electrons. The van der Waals surface area contributed by atoms with Gasteiger partial charge in [-0.1, -0.05) is 11.6 Å². The standard InChI is InChI=1S/C20H30ClN3O3/c1-26-16-20(6-8-22-9-7-20)19(25)24-12-10-23(11-13-24)14-15-27-18-4-2-17(21)3-5-18/h2-5,22H,6-16H2,1H3. The van der Waals surface area contributed by atoms with Gasteiger partial charge in [0.25, 0.3) is 0 Å². The normalized spacial score (nSPS) is 20.4. The number of hydrogen-bond acceptors (Lipinski definition) is 5. The first-order chi connectivity index (χ1) is 13.1. The molecule has 2 saturated heterocycles. The average Bonchev–Trinajstić information content (AvgIpc) is 2.70. The van der Waals surface area contributed by atoms with Crippen LogP contribution in [-0.4, -0.2) is 81.8 Å². The largest absolute Gasteiger partial charge is 0.492 e. The lowest BCUT2D eigenvalue weighted by molar-refractivity contribution is -0.149. The van der Waals surface area contributed by atoms with E-state index in [0.29, 0.717) is 18.2 Å². The van der Waals surface area contributed by atoms with Crippen molar-refractivity contribution in [3.63, 3.8) is 0 Å². The van der Waals surface area contributed by atoms with Crippen LogP contribution in [0.5, 0.6) is 5.75 Å². The predicted octanol–water partition coefficient (Wildman–Crippen LogP) is 1.88. The smallest absolute Gasteiger partial charge is 0.231 e. The lowest BCUT2D eigenvalue weighted by atomic mass is 9.78. The summed E-state index contributed by atoms with van der Waals surface area (Å²) >= 11 is 5.88. The first kappa shape index (κ1) is 20.4. The highest BCUT2D eigenvalue weighted by Crippen LogP contribution is 2.32. The van der Waals surface area contributed by atoms with E-state index in [9.17, 15) is 4.79 Å². The van der Waals surface area contributed by atoms with Crippen molar-refractivity contribution < 1.29 is 14.3 Å². The SMILES string of the molecule is COCC1(C(=O)N2CCN(CCOc3ccc(Cl)cc3)CC2)CCNCC1. The topological polar surface area (TPSA) is 54.0 Å². The van der Waals surface area contributed by atoms with E-state index in [1.54, 1.807) is 7.11 Å². The Bertz CT molecular complexity index is 591. The summed E-state index contributed by atoms with van der Waals surface area (Å²) in [5, 5.41) is 4.06. The summed E-state index contributed by atoms with van der Waals surface area (Å²) in [4.78, 5) is 17.5. The number of halogens is 1. The van der Waals surface area contributed by atoms with Crippen LogP contribution in [0.15, 0.2) is 24.3 Å². The van der Waals surface area contributed by atoms with Crippen LogP contribution in [0.1, 0.15) is 12.8 Å². The Balaban J connectivity index is 1.43. The number of nitrogens with zero attached hydrogens (tertiary/aromatic N) is 2. The second kappa shape index (κ2) is 9.73. The van der Waals surface area contributed by atoms with Crippen LogP contribution < -0.4 is 10.1 Å². The minimum Gasteiger partial charge on any atom is -0.492 e. The molecule has 0 aliphatic carbocycles. The first-order valence-corrected chi connectivity index (χ1v) is 10.1. The highest BCUT2D eigenvalue weighted by molar-refractivity contribution is 6.30. The number of methoxy groups -OCH3 is 1. The minimum absolute atomic E-state index is 0.267. The van der Waals surface area contributed by atoms with Crippen molar-refractivity contribution in [3.05, 3.63) is 29.3 Å². The fraction of sp³-hybridized carbons (Fsp3) is 0.650. The van der Waals surface area contributed by atoms with Gasteiger partial charge in [0, 0.05) is 44.9 Å². The highest BCUT2D eigenvalue weighted by Gasteiger charge is 2.42. The van der Waals surface area contributed by atoms with Crippen LogP contribution in [-0.2, 0) is 9.53 Å². The molecule has 1 aromatic rings. The van der Waals surface area contributed by atoms with Gasteiger partial charge in [0.1, 0.15) is 12.4 Å². The number of rotatable bonds is 7. The molecule has 3 rings (SSSR count). The zero-order valence-electron chi connectivity index (χ0n) is 16.1. The van der Waals surface area contributed by atoms with Crippen molar-refractivity contribution in [2.24, 2.45) is 5.41 Å². The van der Waals surface area contributed by atoms with E-state index in [4.69, 9.17) is 21.1 Å². The summed E-state index contributed by atoms with van der Waals surface area (Å²) < 4.78 is 11.2. The maximum atomic E-state index is 13.2. The van der Waals surface area contributed by atoms with Crippen molar-refractivity contribution in [1.29, 1.82) is 0 Å². The van der Waals surface area contributed by atoms with Crippen LogP contribution >= 0.6 is 11.6 Å². The molecule has 0 bridgehead atoms. The predicted molar refractivity (Wildman–Crippen MR) is 106 cm³/mol. The summed E-state index contributed by atoms with van der Waals surface area (Å²) in [6.45, 7) is 7.11. The van der Waals surface area contributed by atoms with E-state index in [0.717, 1.165) is 64.4 Å². The third-order valence-corrected chi connectivity index (χ3v) is 5.84. The molecule has 0 unspecified atom stereocenters. The molecule has 2 aliphatic rings. The number of benzene rings is 1. The third-order valence-electron chi connectivity index (χ3n) is 5.58. The molecule has 6 nitrogen and oxygen atoms in total. The van der Waals surface area contributed by atoms with E-state index in [1.165, 1.54) is 0 Å². The lowest BCUT2D eigenvalue weighted by Gasteiger charge is -2.42. The number of nitrogens with one attached hydrogen (secondary N) is 1. The Morgan fingerprint density at radius 1 is 1.15 bits per heavy atom. The van der Waals surface area contributed by atoms with Gasteiger partial charge in [-0.3, -0.25) is 9.69 Å². The number of carbonyl (C=O) groups excluding carboxylic acids is 1. The van der Waals surface area contributed by atoms with Crippen molar-refractivity contribution in [2.45, 2.75) is 12.8 Å². The van der Waals surface area contributed by atoms with Gasteiger partial charge in [-0.05, 0) is 50.2 Å². The van der Waals surface area contributed by atoms with Crippen LogP contribution in [0.3, 0.4) is 0 Å². The van der Waals surface area contributed by atoms with Gasteiger partial charge in [0.2, 0.25) is 5.91 Å². The number of hydrogen-bond donors (Lipinski definition) is 1. The zero-order valence-corrected chi connectivity index (χ0v) is 16.8. The average molecular weight is 396 g/mol. The molecule has 0 saturated carbocycles. The maximum absolute atomic E-state index is 13.2. The Labute approximate surface area is 166 Å². The second-order valence-corrected chi connectivity index (χ2v) is 7.84. The van der Waals surface area contributed by atoms with Crippen LogP contribution in [0.25, 0.3) is 0 Å². The van der Waals surface area contributed by atoms with Gasteiger partial charge in [-0.15, -0.1) is 0 Å². The molecule has 0 radical (unpaired) electrons. The monoisotopic (exact) mass is 395 g/mol. The van der Waals surface area contributed by atoms with Crippen molar-refractivity contribution in [3.8, 4) is 5.75 Å². The van der Waals surface area contributed by atoms with Gasteiger partial charge in [-0.25, -0.2) is 0 Å². The first-order valence-electron chi connectivity index (χ1n) is 9.73. The molecule has 1 amide bonds. The van der Waals surface area contributed by atoms with Crippen molar-refractivity contribution >= 4 is 17.5 Å². The lowest BCUT2D eigenvalue weighted by Crippen LogP contribution is -2.56. The Morgan fingerprint density at radius 3 is 2.44 bits per heavy atom. The number of carbonyl (C=O) groups is 1. The summed E-state index contributed by atoms with van der Waals surface area (Å²) in [5.74, 6) is 1.10. The van der Waals surface area contributed by atoms with E-state index in [1.807, 2.05) is 29.2 Å². The Hall–Kier alpha value is -1.34. The molecular formula is C20H30ClN3O3. The molecular weight excluding hydrogens is 366 g/mol. The molecule has 0 spiro atoms. The number of amides is 1. The van der Waals surface area contributed by atoms with Gasteiger partial charge in [-0.2, -0.15) is 0 Å². The number of piperazine rings is 1. The van der Waals surface area contributed by atoms with Crippen LogP contribution in [0, 0.1) is 5.41 Å². The molecule has 27 heavy (non-hydrogen) atoms. The van der Waals surface area contributed by atoms with E-state index < -0.39 is 0 Å². The minimum atomic E-state index is -0.347. The molecule has 2 heterocycles. The highest BCUT2D eigenvalue weighted by atomic mass is 35.5. The molecule has 2 fully saturated rings. The van der Waals surface area contributed by atoms with E-state index >= 15 is 0 Å². The number of piperidine rings is 1. The molecule has 0 aromatic heterocycles. The fourth-order valence-electron chi connectivity index (χ4n) is 3.93. The second-order valence-electron chi connectivity index (χ2n) is 7.40. The quantitative estimate of drug-likeness (QED) is 0.764. The Morgan fingerprint density at radius 2 is 1.81 bits per heavy atom. The fourth-order valence-corrected chi connectivity index (χ4v) is 4.06. The van der Waals surface area contributed by atoms with Gasteiger partial charge in [0.05, 0.1) is 12.0 Å². The summed E-state index contributed by atoms with van der Waals surface area (Å²) in [6.07, 6.45) is 1.71. The summed E-state index contributed by atoms with van der Waals surface area (Å²) in [5.41, 5.74) is -0.347. The van der Waals surface area contributed by atoms with E-state index in [-0.39, 0.29) is 11.3 Å². The van der Waals surface area contributed by atoms with Gasteiger partial charge in [0.15, 0.2) is 0 Å². The van der Waals surface area contributed by atoms with Crippen LogP contribution in [0.2, 0.25) is 5.02 Å². The summed E-state index contributed by atoms with van der Waals surface area (Å²) in [6, 6.07) is 7.43. The van der Waals surface area contributed by atoms with Gasteiger partial charge >= 0.3 is 0 Å². The third kappa shape index (κ3) is 5.35. The molecule has 1 aromatic carbocycles. The van der Waals surface area contributed by atoms with Crippen molar-refractivity contribution in [2.75, 3.05) is 66.1 Å². The molecule has 7 heteroatoms. The molecule has 1 N–H and O–H groups in total. The number of ether oxygens (including phenoxy) is 2. The zero-order chi connectivity index (χ0) is 19.1. The van der Waals surface area contributed by atoms with Gasteiger partial charge < -0.3 is 19.7 Å². The van der Waals surface area contributed by atoms with Crippen LogP contribution in [0.4, 0.5) is 0 Å². The molecule has 2 aliphatic heterocycles. The van der Waals surface area contributed by atoms with Crippen molar-refractivity contribution in [1.82, 2.24) is 15.1 Å².